The predicted molar refractivity (Wildman–Crippen MR) is 308 cm³/mol. The number of rotatable bonds is 5. The van der Waals surface area contributed by atoms with Crippen molar-refractivity contribution < 1.29 is 4.74 Å². The molecule has 74 heavy (non-hydrogen) atoms. The maximum absolute atomic E-state index is 6.76. The fourth-order valence-electron chi connectivity index (χ4n) is 12.2. The van der Waals surface area contributed by atoms with Gasteiger partial charge in [0, 0.05) is 68.2 Å². The molecule has 4 nitrogen and oxygen atoms in total. The number of ether oxygens (including phenoxy) is 1. The first-order valence-corrected chi connectivity index (χ1v) is 26.6. The van der Waals surface area contributed by atoms with Crippen molar-refractivity contribution in [3.05, 3.63) is 259 Å². The summed E-state index contributed by atoms with van der Waals surface area (Å²) < 4.78 is 11.6. The van der Waals surface area contributed by atoms with E-state index in [4.69, 9.17) is 19.7 Å². The van der Waals surface area contributed by atoms with Crippen LogP contribution in [0.15, 0.2) is 237 Å². The molecule has 4 heterocycles. The molecule has 0 bridgehead atoms. The lowest BCUT2D eigenvalue weighted by Crippen LogP contribution is -2.32. The van der Waals surface area contributed by atoms with Gasteiger partial charge in [-0.3, -0.25) is 0 Å². The van der Waals surface area contributed by atoms with Gasteiger partial charge >= 0.3 is 0 Å². The first-order chi connectivity index (χ1) is 36.7. The van der Waals surface area contributed by atoms with Crippen molar-refractivity contribution in [1.82, 2.24) is 15.0 Å². The van der Waals surface area contributed by atoms with Gasteiger partial charge in [0.2, 0.25) is 0 Å². The first-order valence-electron chi connectivity index (χ1n) is 25.0. The van der Waals surface area contributed by atoms with E-state index in [-0.39, 0.29) is 0 Å². The third-order valence-electron chi connectivity index (χ3n) is 15.4. The van der Waals surface area contributed by atoms with E-state index in [0.29, 0.717) is 17.5 Å². The summed E-state index contributed by atoms with van der Waals surface area (Å²) in [6.45, 7) is 0. The Hall–Kier alpha value is -9.07. The number of thiophene rings is 2. The molecule has 14 aromatic rings. The number of para-hydroxylation sites is 2. The lowest BCUT2D eigenvalue weighted by molar-refractivity contribution is 0.436. The summed E-state index contributed by atoms with van der Waals surface area (Å²) >= 11 is 3.58. The summed E-state index contributed by atoms with van der Waals surface area (Å²) in [5.74, 6) is 3.70. The van der Waals surface area contributed by atoms with Crippen molar-refractivity contribution >= 4 is 73.8 Å². The number of hydrogen-bond acceptors (Lipinski definition) is 6. The largest absolute Gasteiger partial charge is 0.457 e. The molecule has 0 saturated heterocycles. The molecule has 0 N–H and O–H groups in total. The normalized spacial score (nSPS) is 13.1. The van der Waals surface area contributed by atoms with E-state index in [2.05, 4.69) is 237 Å². The van der Waals surface area contributed by atoms with E-state index < -0.39 is 5.41 Å². The van der Waals surface area contributed by atoms with Gasteiger partial charge in [-0.05, 0) is 97.7 Å². The Labute approximate surface area is 434 Å². The molecule has 2 aliphatic rings. The van der Waals surface area contributed by atoms with Crippen LogP contribution in [-0.2, 0) is 5.41 Å². The molecule has 1 aliphatic heterocycles. The molecule has 0 amide bonds. The molecule has 16 rings (SSSR count). The maximum Gasteiger partial charge on any atom is 0.165 e. The van der Waals surface area contributed by atoms with Crippen LogP contribution in [0.3, 0.4) is 0 Å². The molecule has 6 heteroatoms. The van der Waals surface area contributed by atoms with Gasteiger partial charge < -0.3 is 4.74 Å². The minimum absolute atomic E-state index is 0.632. The second kappa shape index (κ2) is 16.0. The van der Waals surface area contributed by atoms with Crippen LogP contribution in [-0.4, -0.2) is 15.0 Å². The quantitative estimate of drug-likeness (QED) is 0.172. The van der Waals surface area contributed by atoms with Crippen LogP contribution in [0.4, 0.5) is 0 Å². The Morgan fingerprint density at radius 1 is 0.311 bits per heavy atom. The van der Waals surface area contributed by atoms with Crippen molar-refractivity contribution in [3.8, 4) is 79.0 Å². The monoisotopic (exact) mass is 977 g/mol. The minimum Gasteiger partial charge on any atom is -0.457 e. The van der Waals surface area contributed by atoms with Crippen LogP contribution in [0.2, 0.25) is 0 Å². The molecule has 1 spiro atoms. The third kappa shape index (κ3) is 5.98. The van der Waals surface area contributed by atoms with Crippen molar-refractivity contribution in [3.63, 3.8) is 0 Å². The average molecular weight is 978 g/mol. The molecular formula is C68H39N3OS2. The lowest BCUT2D eigenvalue weighted by Gasteiger charge is -2.39. The van der Waals surface area contributed by atoms with Crippen molar-refractivity contribution in [2.45, 2.75) is 5.41 Å². The Morgan fingerprint density at radius 3 is 1.46 bits per heavy atom. The number of hydrogen-bond donors (Lipinski definition) is 0. The molecule has 11 aromatic carbocycles. The molecule has 3 aromatic heterocycles. The molecular weight excluding hydrogens is 939 g/mol. The van der Waals surface area contributed by atoms with Crippen molar-refractivity contribution in [2.24, 2.45) is 0 Å². The van der Waals surface area contributed by atoms with Crippen LogP contribution in [0.1, 0.15) is 22.3 Å². The Bertz CT molecular complexity index is 4480. The van der Waals surface area contributed by atoms with Crippen molar-refractivity contribution in [2.75, 3.05) is 0 Å². The third-order valence-corrected chi connectivity index (χ3v) is 17.9. The van der Waals surface area contributed by atoms with E-state index in [0.717, 1.165) is 50.4 Å². The SMILES string of the molecule is c1ccc2c(c1)Oc1ccccc1C21c2cc(-c3ccc(-c4nc(-c5cccc6c5sc5ccccc56)nc(-c5cccc6c5sc5ccccc56)n4)cc3)ccc2-c2c(-c3cccc4ccccc34)cccc21. The molecule has 344 valence electrons. The lowest BCUT2D eigenvalue weighted by atomic mass is 9.65. The smallest absolute Gasteiger partial charge is 0.165 e. The van der Waals surface area contributed by atoms with E-state index >= 15 is 0 Å². The second-order valence-corrected chi connectivity index (χ2v) is 21.4. The molecule has 0 fully saturated rings. The van der Waals surface area contributed by atoms with E-state index in [9.17, 15) is 0 Å². The van der Waals surface area contributed by atoms with E-state index in [1.54, 1.807) is 22.7 Å². The molecule has 1 aliphatic carbocycles. The predicted octanol–water partition coefficient (Wildman–Crippen LogP) is 18.6. The van der Waals surface area contributed by atoms with Crippen LogP contribution in [0.25, 0.3) is 119 Å². The van der Waals surface area contributed by atoms with Crippen LogP contribution >= 0.6 is 22.7 Å². The summed E-state index contributed by atoms with van der Waals surface area (Å²) in [7, 11) is 0. The highest BCUT2D eigenvalue weighted by atomic mass is 32.1. The van der Waals surface area contributed by atoms with Gasteiger partial charge in [0.25, 0.3) is 0 Å². The topological polar surface area (TPSA) is 47.9 Å². The minimum atomic E-state index is -0.640. The van der Waals surface area contributed by atoms with Crippen molar-refractivity contribution in [1.29, 1.82) is 0 Å². The Morgan fingerprint density at radius 2 is 0.784 bits per heavy atom. The fourth-order valence-corrected chi connectivity index (χ4v) is 14.6. The average Bonchev–Trinajstić information content (AvgIpc) is 4.15. The van der Waals surface area contributed by atoms with E-state index in [1.165, 1.54) is 84.5 Å². The summed E-state index contributed by atoms with van der Waals surface area (Å²) in [6, 6.07) is 85.6. The second-order valence-electron chi connectivity index (χ2n) is 19.3. The Kier molecular flexibility index (Phi) is 8.96. The van der Waals surface area contributed by atoms with E-state index in [1.807, 2.05) is 0 Å². The van der Waals surface area contributed by atoms with Crippen LogP contribution < -0.4 is 4.74 Å². The highest BCUT2D eigenvalue weighted by Crippen LogP contribution is 2.64. The number of benzene rings is 11. The zero-order chi connectivity index (χ0) is 48.5. The zero-order valence-electron chi connectivity index (χ0n) is 39.6. The van der Waals surface area contributed by atoms with Gasteiger partial charge in [0.15, 0.2) is 17.5 Å². The standard InChI is InChI=1S/C68H39N3OS2/c1-2-17-44-41(15-1)16-11-20-45(44)48-21-14-28-56-62(48)51-38-37-43(39-57(51)68(56)54-26-5-7-29-58(54)72-59-30-8-6-27-55(59)68)40-33-35-42(36-34-40)65-69-66(52-24-12-22-49-46-18-3-9-31-60(46)73-63(49)52)71-67(70-65)53-25-13-23-50-47-19-4-10-32-61(47)74-64(50)53/h1-39H. The first kappa shape index (κ1) is 41.5. The molecule has 0 unspecified atom stereocenters. The highest BCUT2D eigenvalue weighted by molar-refractivity contribution is 7.26. The van der Waals surface area contributed by atoms with Gasteiger partial charge in [0.1, 0.15) is 11.5 Å². The van der Waals surface area contributed by atoms with Crippen LogP contribution in [0.5, 0.6) is 11.5 Å². The summed E-state index contributed by atoms with van der Waals surface area (Å²) in [5.41, 5.74) is 14.2. The van der Waals surface area contributed by atoms with Gasteiger partial charge in [-0.15, -0.1) is 22.7 Å². The fraction of sp³-hybridized carbons (Fsp3) is 0.0147. The molecule has 0 atom stereocenters. The zero-order valence-corrected chi connectivity index (χ0v) is 41.2. The summed E-state index contributed by atoms with van der Waals surface area (Å²) in [5, 5.41) is 7.36. The molecule has 0 saturated carbocycles. The Balaban J connectivity index is 0.879. The number of nitrogens with zero attached hydrogens (tertiary/aromatic N) is 3. The summed E-state index contributed by atoms with van der Waals surface area (Å²) in [6.07, 6.45) is 0. The van der Waals surface area contributed by atoms with Gasteiger partial charge in [-0.2, -0.15) is 0 Å². The molecule has 0 radical (unpaired) electrons. The maximum atomic E-state index is 6.76. The van der Waals surface area contributed by atoms with Gasteiger partial charge in [-0.25, -0.2) is 15.0 Å². The van der Waals surface area contributed by atoms with Gasteiger partial charge in [0.05, 0.1) is 5.41 Å². The van der Waals surface area contributed by atoms with Crippen LogP contribution in [0, 0.1) is 0 Å². The highest BCUT2D eigenvalue weighted by Gasteiger charge is 2.51. The summed E-state index contributed by atoms with van der Waals surface area (Å²) in [4.78, 5) is 16.0. The van der Waals surface area contributed by atoms with Gasteiger partial charge in [-0.1, -0.05) is 194 Å². The number of fused-ring (bicyclic) bond motifs is 16. The number of aromatic nitrogens is 3.